The summed E-state index contributed by atoms with van der Waals surface area (Å²) < 4.78 is 0. The number of carbonyl (C=O) groups excluding carboxylic acids is 3. The number of rotatable bonds is 22. The van der Waals surface area contributed by atoms with Crippen molar-refractivity contribution in [2.45, 2.75) is 102 Å². The van der Waals surface area contributed by atoms with Gasteiger partial charge in [-0.05, 0) is 67.5 Å². The van der Waals surface area contributed by atoms with Crippen molar-refractivity contribution in [1.82, 2.24) is 26.2 Å². The fourth-order valence-electron chi connectivity index (χ4n) is 6.77. The standard InChI is InChI=1S/C40H63N7O5/c1-28(2)23-34(37(49)44-32(17-11-12-20-41)27-47-21-18-40(42,19-22-47)39(51)52)46-38(50)35(24-30-13-7-5-8-14-30)45-36(48)26-43-25-33(29(3)4)31-15-9-6-10-16-31/h5-10,13-16,28-29,32-35,43H,11-12,17-27,41-42H2,1-4H3,(H,44,49)(H,45,48)(H,46,50)(H,51,52). The van der Waals surface area contributed by atoms with E-state index in [4.69, 9.17) is 11.5 Å². The number of piperidine rings is 1. The number of unbranched alkanes of at least 4 members (excludes halogenated alkanes) is 1. The number of carboxylic acids is 1. The zero-order valence-corrected chi connectivity index (χ0v) is 31.6. The highest BCUT2D eigenvalue weighted by Gasteiger charge is 2.38. The number of benzene rings is 2. The predicted molar refractivity (Wildman–Crippen MR) is 205 cm³/mol. The maximum atomic E-state index is 14.0. The van der Waals surface area contributed by atoms with Gasteiger partial charge in [-0.25, -0.2) is 0 Å². The fraction of sp³-hybridized carbons (Fsp3) is 0.600. The van der Waals surface area contributed by atoms with Gasteiger partial charge in [0.15, 0.2) is 0 Å². The summed E-state index contributed by atoms with van der Waals surface area (Å²) in [5.74, 6) is -1.32. The largest absolute Gasteiger partial charge is 0.480 e. The Kier molecular flexibility index (Phi) is 17.7. The second-order valence-corrected chi connectivity index (χ2v) is 15.1. The predicted octanol–water partition coefficient (Wildman–Crippen LogP) is 2.77. The van der Waals surface area contributed by atoms with Crippen LogP contribution in [0.1, 0.15) is 83.3 Å². The maximum Gasteiger partial charge on any atom is 0.323 e. The second kappa shape index (κ2) is 21.6. The topological polar surface area (TPSA) is 192 Å². The first-order valence-corrected chi connectivity index (χ1v) is 19.0. The van der Waals surface area contributed by atoms with E-state index in [-0.39, 0.29) is 42.7 Å². The Morgan fingerprint density at radius 1 is 0.846 bits per heavy atom. The van der Waals surface area contributed by atoms with Gasteiger partial charge in [-0.3, -0.25) is 19.2 Å². The van der Waals surface area contributed by atoms with Crippen LogP contribution in [0.5, 0.6) is 0 Å². The number of carboxylic acid groups (broad SMARTS) is 1. The average molecular weight is 722 g/mol. The number of likely N-dealkylation sites (tertiary alicyclic amines) is 1. The third-order valence-electron chi connectivity index (χ3n) is 9.96. The average Bonchev–Trinajstić information content (AvgIpc) is 3.11. The number of amides is 3. The molecule has 2 aromatic carbocycles. The Balaban J connectivity index is 1.69. The summed E-state index contributed by atoms with van der Waals surface area (Å²) in [6.07, 6.45) is 3.65. The number of nitrogens with zero attached hydrogens (tertiary/aromatic N) is 1. The highest BCUT2D eigenvalue weighted by Crippen LogP contribution is 2.23. The molecule has 1 aliphatic rings. The molecule has 0 aliphatic carbocycles. The normalized spacial score (nSPS) is 16.8. The van der Waals surface area contributed by atoms with Crippen LogP contribution in [-0.4, -0.2) is 96.6 Å². The van der Waals surface area contributed by atoms with Crippen LogP contribution < -0.4 is 32.7 Å². The van der Waals surface area contributed by atoms with Crippen LogP contribution >= 0.6 is 0 Å². The molecule has 2 aromatic rings. The molecular weight excluding hydrogens is 658 g/mol. The van der Waals surface area contributed by atoms with Crippen molar-refractivity contribution < 1.29 is 24.3 Å². The Morgan fingerprint density at radius 3 is 2.04 bits per heavy atom. The SMILES string of the molecule is CC(C)CC(NC(=O)C(Cc1ccccc1)NC(=O)CNCC(c1ccccc1)C(C)C)C(=O)NC(CCCCN)CN1CCC(N)(C(=O)O)CC1. The van der Waals surface area contributed by atoms with Crippen molar-refractivity contribution in [1.29, 1.82) is 0 Å². The zero-order valence-electron chi connectivity index (χ0n) is 31.6. The van der Waals surface area contributed by atoms with Crippen LogP contribution in [0, 0.1) is 11.8 Å². The van der Waals surface area contributed by atoms with E-state index < -0.39 is 29.5 Å². The third kappa shape index (κ3) is 14.3. The summed E-state index contributed by atoms with van der Waals surface area (Å²) in [4.78, 5) is 54.9. The van der Waals surface area contributed by atoms with Gasteiger partial charge >= 0.3 is 5.97 Å². The molecule has 12 nitrogen and oxygen atoms in total. The van der Waals surface area contributed by atoms with Crippen LogP contribution in [0.3, 0.4) is 0 Å². The monoisotopic (exact) mass is 721 g/mol. The first-order chi connectivity index (χ1) is 24.8. The molecule has 0 spiro atoms. The Labute approximate surface area is 310 Å². The summed E-state index contributed by atoms with van der Waals surface area (Å²) >= 11 is 0. The highest BCUT2D eigenvalue weighted by atomic mass is 16.4. The van der Waals surface area contributed by atoms with E-state index in [2.05, 4.69) is 52.1 Å². The second-order valence-electron chi connectivity index (χ2n) is 15.1. The Hall–Kier alpha value is -3.84. The molecule has 1 saturated heterocycles. The maximum absolute atomic E-state index is 14.0. The van der Waals surface area contributed by atoms with Crippen molar-refractivity contribution >= 4 is 23.7 Å². The Morgan fingerprint density at radius 2 is 1.46 bits per heavy atom. The van der Waals surface area contributed by atoms with Gasteiger partial charge in [0.25, 0.3) is 0 Å². The molecule has 9 N–H and O–H groups in total. The van der Waals surface area contributed by atoms with E-state index in [1.165, 1.54) is 5.56 Å². The summed E-state index contributed by atoms with van der Waals surface area (Å²) in [5.41, 5.74) is 12.7. The molecule has 1 fully saturated rings. The Bertz CT molecular complexity index is 1380. The van der Waals surface area contributed by atoms with Crippen LogP contribution in [-0.2, 0) is 25.6 Å². The molecule has 3 rings (SSSR count). The summed E-state index contributed by atoms with van der Waals surface area (Å²) in [5, 5.41) is 21.9. The van der Waals surface area contributed by atoms with Crippen molar-refractivity contribution in [3.8, 4) is 0 Å². The minimum Gasteiger partial charge on any atom is -0.480 e. The van der Waals surface area contributed by atoms with E-state index >= 15 is 0 Å². The van der Waals surface area contributed by atoms with Gasteiger partial charge in [-0.15, -0.1) is 0 Å². The molecule has 1 aliphatic heterocycles. The number of carbonyl (C=O) groups is 4. The fourth-order valence-corrected chi connectivity index (χ4v) is 6.77. The lowest BCUT2D eigenvalue weighted by Gasteiger charge is -2.38. The molecule has 0 radical (unpaired) electrons. The first kappa shape index (κ1) is 42.6. The molecule has 288 valence electrons. The highest BCUT2D eigenvalue weighted by molar-refractivity contribution is 5.92. The third-order valence-corrected chi connectivity index (χ3v) is 9.96. The molecular formula is C40H63N7O5. The van der Waals surface area contributed by atoms with E-state index in [0.29, 0.717) is 64.3 Å². The lowest BCUT2D eigenvalue weighted by atomic mass is 9.88. The van der Waals surface area contributed by atoms with Crippen molar-refractivity contribution in [2.24, 2.45) is 23.3 Å². The zero-order chi connectivity index (χ0) is 38.1. The van der Waals surface area contributed by atoms with Crippen molar-refractivity contribution in [3.05, 3.63) is 71.8 Å². The summed E-state index contributed by atoms with van der Waals surface area (Å²) in [6.45, 7) is 11.1. The number of hydrogen-bond donors (Lipinski definition) is 7. The molecule has 4 atom stereocenters. The lowest BCUT2D eigenvalue weighted by molar-refractivity contribution is -0.145. The van der Waals surface area contributed by atoms with E-state index in [9.17, 15) is 24.3 Å². The van der Waals surface area contributed by atoms with Gasteiger partial charge in [0, 0.05) is 38.6 Å². The molecule has 12 heteroatoms. The van der Waals surface area contributed by atoms with Gasteiger partial charge in [0.2, 0.25) is 17.7 Å². The minimum absolute atomic E-state index is 0.0449. The quantitative estimate of drug-likeness (QED) is 0.0897. The molecule has 3 amide bonds. The number of nitrogens with one attached hydrogen (secondary N) is 4. The smallest absolute Gasteiger partial charge is 0.323 e. The molecule has 0 bridgehead atoms. The minimum atomic E-state index is -1.23. The van der Waals surface area contributed by atoms with Gasteiger partial charge in [0.05, 0.1) is 6.54 Å². The van der Waals surface area contributed by atoms with Crippen LogP contribution in [0.4, 0.5) is 0 Å². The first-order valence-electron chi connectivity index (χ1n) is 19.0. The van der Waals surface area contributed by atoms with Crippen LogP contribution in [0.15, 0.2) is 60.7 Å². The van der Waals surface area contributed by atoms with E-state index in [0.717, 1.165) is 18.4 Å². The molecule has 4 unspecified atom stereocenters. The molecule has 1 heterocycles. The number of hydrogen-bond acceptors (Lipinski definition) is 8. The lowest BCUT2D eigenvalue weighted by Crippen LogP contribution is -2.59. The summed E-state index contributed by atoms with van der Waals surface area (Å²) in [7, 11) is 0. The molecule has 52 heavy (non-hydrogen) atoms. The van der Waals surface area contributed by atoms with Gasteiger partial charge in [-0.2, -0.15) is 0 Å². The van der Waals surface area contributed by atoms with Gasteiger partial charge < -0.3 is 42.7 Å². The van der Waals surface area contributed by atoms with Crippen molar-refractivity contribution in [2.75, 3.05) is 39.3 Å². The van der Waals surface area contributed by atoms with Gasteiger partial charge in [-0.1, -0.05) is 94.8 Å². The molecule has 0 aromatic heterocycles. The van der Waals surface area contributed by atoms with E-state index in [1.807, 2.05) is 62.4 Å². The van der Waals surface area contributed by atoms with Crippen molar-refractivity contribution in [3.63, 3.8) is 0 Å². The van der Waals surface area contributed by atoms with Crippen LogP contribution in [0.2, 0.25) is 0 Å². The van der Waals surface area contributed by atoms with Gasteiger partial charge in [0.1, 0.15) is 17.6 Å². The summed E-state index contributed by atoms with van der Waals surface area (Å²) in [6, 6.07) is 17.8. The molecule has 0 saturated carbocycles. The van der Waals surface area contributed by atoms with Crippen LogP contribution in [0.25, 0.3) is 0 Å². The number of aliphatic carboxylic acids is 1. The number of nitrogens with two attached hydrogens (primary N) is 2. The van der Waals surface area contributed by atoms with E-state index in [1.54, 1.807) is 0 Å².